The van der Waals surface area contributed by atoms with E-state index in [2.05, 4.69) is 5.32 Å². The van der Waals surface area contributed by atoms with Crippen LogP contribution in [0.4, 0.5) is 10.7 Å². The maximum atomic E-state index is 13.2. The lowest BCUT2D eigenvalue weighted by Gasteiger charge is -2.20. The molecule has 0 atom stereocenters. The summed E-state index contributed by atoms with van der Waals surface area (Å²) < 4.78 is 0. The number of nitrogens with zero attached hydrogens (tertiary/aromatic N) is 2. The molecule has 0 saturated heterocycles. The second-order valence-corrected chi connectivity index (χ2v) is 8.11. The maximum Gasteiger partial charge on any atom is 0.269 e. The Bertz CT molecular complexity index is 917. The maximum absolute atomic E-state index is 13.2. The predicted molar refractivity (Wildman–Crippen MR) is 114 cm³/mol. The van der Waals surface area contributed by atoms with Crippen molar-refractivity contribution in [1.29, 1.82) is 0 Å². The van der Waals surface area contributed by atoms with Crippen LogP contribution in [0.25, 0.3) is 0 Å². The standard InChI is InChI=1S/C21H25N3O4S/c1-3-23(4-2)21(26)18-16-8-6-5-7-9-17(16)29-20(18)22-19(25)14-10-12-15(13-11-14)24(27)28/h10-13H,3-9H2,1-2H3,(H,22,25). The summed E-state index contributed by atoms with van der Waals surface area (Å²) in [7, 11) is 0. The van der Waals surface area contributed by atoms with E-state index in [1.54, 1.807) is 4.90 Å². The quantitative estimate of drug-likeness (QED) is 0.422. The molecule has 3 rings (SSSR count). The summed E-state index contributed by atoms with van der Waals surface area (Å²) in [5, 5.41) is 14.3. The third kappa shape index (κ3) is 4.48. The number of fused-ring (bicyclic) bond motifs is 1. The van der Waals surface area contributed by atoms with Crippen molar-refractivity contribution in [3.63, 3.8) is 0 Å². The third-order valence-electron chi connectivity index (χ3n) is 5.25. The largest absolute Gasteiger partial charge is 0.339 e. The van der Waals surface area contributed by atoms with Crippen LogP contribution in [0, 0.1) is 10.1 Å². The predicted octanol–water partition coefficient (Wildman–Crippen LogP) is 4.66. The van der Waals surface area contributed by atoms with Crippen LogP contribution in [0.1, 0.15) is 64.3 Å². The van der Waals surface area contributed by atoms with Crippen LogP contribution in [-0.2, 0) is 12.8 Å². The Balaban J connectivity index is 1.94. The number of carbonyl (C=O) groups excluding carboxylic acids is 2. The van der Waals surface area contributed by atoms with Crippen LogP contribution < -0.4 is 5.32 Å². The lowest BCUT2D eigenvalue weighted by Crippen LogP contribution is -2.31. The molecule has 0 spiro atoms. The van der Waals surface area contributed by atoms with Gasteiger partial charge in [-0.05, 0) is 57.2 Å². The zero-order chi connectivity index (χ0) is 21.0. The summed E-state index contributed by atoms with van der Waals surface area (Å²) in [5.74, 6) is -0.418. The molecule has 0 fully saturated rings. The molecule has 0 radical (unpaired) electrons. The number of thiophene rings is 1. The highest BCUT2D eigenvalue weighted by Crippen LogP contribution is 2.38. The van der Waals surface area contributed by atoms with Crippen molar-refractivity contribution in [2.75, 3.05) is 18.4 Å². The van der Waals surface area contributed by atoms with Gasteiger partial charge in [0.2, 0.25) is 0 Å². The number of benzene rings is 1. The highest BCUT2D eigenvalue weighted by Gasteiger charge is 2.28. The number of nitrogens with one attached hydrogen (secondary N) is 1. The van der Waals surface area contributed by atoms with E-state index >= 15 is 0 Å². The second kappa shape index (κ2) is 9.17. The molecule has 7 nitrogen and oxygen atoms in total. The second-order valence-electron chi connectivity index (χ2n) is 7.00. The van der Waals surface area contributed by atoms with Crippen molar-refractivity contribution in [3.8, 4) is 0 Å². The first-order valence-electron chi connectivity index (χ1n) is 9.95. The number of rotatable bonds is 6. The van der Waals surface area contributed by atoms with E-state index in [4.69, 9.17) is 0 Å². The van der Waals surface area contributed by atoms with Gasteiger partial charge in [0.1, 0.15) is 5.00 Å². The fourth-order valence-electron chi connectivity index (χ4n) is 3.64. The topological polar surface area (TPSA) is 92.6 Å². The van der Waals surface area contributed by atoms with E-state index in [-0.39, 0.29) is 17.5 Å². The van der Waals surface area contributed by atoms with E-state index in [9.17, 15) is 19.7 Å². The highest BCUT2D eigenvalue weighted by atomic mass is 32.1. The van der Waals surface area contributed by atoms with Gasteiger partial charge in [0, 0.05) is 35.7 Å². The molecule has 154 valence electrons. The minimum absolute atomic E-state index is 0.0478. The number of non-ortho nitro benzene ring substituents is 1. The van der Waals surface area contributed by atoms with Gasteiger partial charge in [0.05, 0.1) is 10.5 Å². The molecular formula is C21H25N3O4S. The third-order valence-corrected chi connectivity index (χ3v) is 6.46. The van der Waals surface area contributed by atoms with Gasteiger partial charge in [-0.15, -0.1) is 11.3 Å². The molecule has 29 heavy (non-hydrogen) atoms. The highest BCUT2D eigenvalue weighted by molar-refractivity contribution is 7.17. The van der Waals surface area contributed by atoms with Crippen molar-refractivity contribution >= 4 is 33.8 Å². The fraction of sp³-hybridized carbons (Fsp3) is 0.429. The molecular weight excluding hydrogens is 390 g/mol. The first-order valence-corrected chi connectivity index (χ1v) is 10.8. The minimum atomic E-state index is -0.501. The first-order chi connectivity index (χ1) is 14.0. The molecule has 2 amide bonds. The summed E-state index contributed by atoms with van der Waals surface area (Å²) in [6, 6.07) is 5.47. The van der Waals surface area contributed by atoms with Gasteiger partial charge in [-0.25, -0.2) is 0 Å². The Morgan fingerprint density at radius 2 is 1.76 bits per heavy atom. The molecule has 2 aromatic rings. The number of hydrogen-bond acceptors (Lipinski definition) is 5. The lowest BCUT2D eigenvalue weighted by atomic mass is 10.0. The van der Waals surface area contributed by atoms with Gasteiger partial charge in [-0.2, -0.15) is 0 Å². The van der Waals surface area contributed by atoms with Crippen molar-refractivity contribution in [3.05, 3.63) is 55.9 Å². The molecule has 0 bridgehead atoms. The number of anilines is 1. The molecule has 1 aliphatic carbocycles. The summed E-state index contributed by atoms with van der Waals surface area (Å²) in [4.78, 5) is 39.2. The van der Waals surface area contributed by atoms with Crippen molar-refractivity contribution < 1.29 is 14.5 Å². The number of amides is 2. The summed E-state index contributed by atoms with van der Waals surface area (Å²) >= 11 is 1.49. The Hall–Kier alpha value is -2.74. The Kier molecular flexibility index (Phi) is 6.64. The van der Waals surface area contributed by atoms with E-state index in [0.29, 0.717) is 29.2 Å². The fourth-order valence-corrected chi connectivity index (χ4v) is 4.91. The van der Waals surface area contributed by atoms with Crippen LogP contribution in [0.5, 0.6) is 0 Å². The number of nitro benzene ring substituents is 1. The zero-order valence-electron chi connectivity index (χ0n) is 16.7. The van der Waals surface area contributed by atoms with Gasteiger partial charge in [-0.3, -0.25) is 19.7 Å². The SMILES string of the molecule is CCN(CC)C(=O)c1c(NC(=O)c2ccc([N+](=O)[O-])cc2)sc2c1CCCCC2. The van der Waals surface area contributed by atoms with E-state index in [1.165, 1.54) is 40.5 Å². The molecule has 1 aliphatic rings. The molecule has 1 N–H and O–H groups in total. The summed E-state index contributed by atoms with van der Waals surface area (Å²) in [5.41, 5.74) is 1.94. The van der Waals surface area contributed by atoms with Gasteiger partial charge in [-0.1, -0.05) is 6.42 Å². The summed E-state index contributed by atoms with van der Waals surface area (Å²) in [6.07, 6.45) is 5.04. The number of hydrogen-bond donors (Lipinski definition) is 1. The van der Waals surface area contributed by atoms with Gasteiger partial charge >= 0.3 is 0 Å². The van der Waals surface area contributed by atoms with Gasteiger partial charge < -0.3 is 10.2 Å². The van der Waals surface area contributed by atoms with Crippen LogP contribution in [-0.4, -0.2) is 34.7 Å². The molecule has 1 aromatic heterocycles. The molecule has 0 aliphatic heterocycles. The van der Waals surface area contributed by atoms with Crippen LogP contribution in [0.15, 0.2) is 24.3 Å². The van der Waals surface area contributed by atoms with E-state index in [0.717, 1.165) is 37.7 Å². The molecule has 8 heteroatoms. The molecule has 1 heterocycles. The van der Waals surface area contributed by atoms with Crippen LogP contribution in [0.2, 0.25) is 0 Å². The molecule has 0 unspecified atom stereocenters. The minimum Gasteiger partial charge on any atom is -0.339 e. The van der Waals surface area contributed by atoms with Gasteiger partial charge in [0.15, 0.2) is 0 Å². The Morgan fingerprint density at radius 3 is 2.38 bits per heavy atom. The molecule has 0 saturated carbocycles. The van der Waals surface area contributed by atoms with E-state index in [1.807, 2.05) is 13.8 Å². The normalized spacial score (nSPS) is 13.3. The average Bonchev–Trinajstić information content (AvgIpc) is 2.89. The number of nitro groups is 1. The zero-order valence-corrected chi connectivity index (χ0v) is 17.5. The number of aryl methyl sites for hydroxylation is 1. The van der Waals surface area contributed by atoms with Crippen molar-refractivity contribution in [2.24, 2.45) is 0 Å². The Labute approximate surface area is 173 Å². The molecule has 1 aromatic carbocycles. The van der Waals surface area contributed by atoms with Crippen LogP contribution >= 0.6 is 11.3 Å². The Morgan fingerprint density at radius 1 is 1.10 bits per heavy atom. The summed E-state index contributed by atoms with van der Waals surface area (Å²) in [6.45, 7) is 5.11. The van der Waals surface area contributed by atoms with Crippen molar-refractivity contribution in [2.45, 2.75) is 46.0 Å². The van der Waals surface area contributed by atoms with E-state index < -0.39 is 4.92 Å². The lowest BCUT2D eigenvalue weighted by molar-refractivity contribution is -0.384. The monoisotopic (exact) mass is 415 g/mol. The average molecular weight is 416 g/mol. The van der Waals surface area contributed by atoms with Gasteiger partial charge in [0.25, 0.3) is 17.5 Å². The first kappa shape index (κ1) is 21.0. The number of carbonyl (C=O) groups is 2. The van der Waals surface area contributed by atoms with Crippen molar-refractivity contribution in [1.82, 2.24) is 4.90 Å². The van der Waals surface area contributed by atoms with Crippen LogP contribution in [0.3, 0.4) is 0 Å². The smallest absolute Gasteiger partial charge is 0.269 e.